The molecule has 1 aromatic carbocycles. The summed E-state index contributed by atoms with van der Waals surface area (Å²) in [6, 6.07) is 5.25. The first-order valence-corrected chi connectivity index (χ1v) is 7.22. The Morgan fingerprint density at radius 3 is 2.78 bits per heavy atom. The number of carbonyl (C=O) groups is 2. The minimum Gasteiger partial charge on any atom is -0.452 e. The van der Waals surface area contributed by atoms with Crippen LogP contribution in [0.1, 0.15) is 30.2 Å². The van der Waals surface area contributed by atoms with Gasteiger partial charge in [-0.2, -0.15) is 5.10 Å². The predicted molar refractivity (Wildman–Crippen MR) is 82.9 cm³/mol. The van der Waals surface area contributed by atoms with Crippen molar-refractivity contribution in [1.29, 1.82) is 0 Å². The molecule has 0 aliphatic heterocycles. The molecule has 1 aromatic heterocycles. The lowest BCUT2D eigenvalue weighted by atomic mass is 10.2. The van der Waals surface area contributed by atoms with E-state index < -0.39 is 24.3 Å². The molecule has 0 radical (unpaired) electrons. The number of rotatable bonds is 5. The highest BCUT2D eigenvalue weighted by Crippen LogP contribution is 2.16. The lowest BCUT2D eigenvalue weighted by Gasteiger charge is -2.12. The van der Waals surface area contributed by atoms with Gasteiger partial charge < -0.3 is 10.1 Å². The Hall–Kier alpha value is -2.41. The van der Waals surface area contributed by atoms with Gasteiger partial charge in [0.1, 0.15) is 11.6 Å². The highest BCUT2D eigenvalue weighted by Gasteiger charge is 2.16. The number of nitrogens with zero attached hydrogens (tertiary/aromatic N) is 2. The van der Waals surface area contributed by atoms with Crippen LogP contribution in [-0.2, 0) is 9.53 Å². The topological polar surface area (TPSA) is 73.2 Å². The van der Waals surface area contributed by atoms with Crippen molar-refractivity contribution in [2.24, 2.45) is 0 Å². The van der Waals surface area contributed by atoms with E-state index >= 15 is 0 Å². The average molecular weight is 340 g/mol. The minimum atomic E-state index is -0.938. The maximum Gasteiger partial charge on any atom is 0.341 e. The first-order chi connectivity index (χ1) is 10.9. The monoisotopic (exact) mass is 339 g/mol. The van der Waals surface area contributed by atoms with Crippen molar-refractivity contribution in [2.75, 3.05) is 11.9 Å². The normalized spacial score (nSPS) is 10.7. The molecular weight excluding hydrogens is 325 g/mol. The molecule has 0 saturated carbocycles. The summed E-state index contributed by atoms with van der Waals surface area (Å²) in [5.74, 6) is -1.80. The van der Waals surface area contributed by atoms with Crippen LogP contribution >= 0.6 is 11.6 Å². The standard InChI is InChI=1S/C15H15ClFN3O3/c1-9(2)20-13(5-6-18-20)19-14(21)8-23-15(22)11-4-3-10(16)7-12(11)17/h3-7,9H,8H2,1-2H3,(H,19,21). The summed E-state index contributed by atoms with van der Waals surface area (Å²) in [6.07, 6.45) is 1.55. The van der Waals surface area contributed by atoms with E-state index in [0.717, 1.165) is 6.07 Å². The molecule has 1 heterocycles. The first kappa shape index (κ1) is 17.0. The molecule has 0 aliphatic carbocycles. The lowest BCUT2D eigenvalue weighted by molar-refractivity contribution is -0.119. The van der Waals surface area contributed by atoms with Gasteiger partial charge in [-0.25, -0.2) is 13.9 Å². The smallest absolute Gasteiger partial charge is 0.341 e. The number of hydrogen-bond donors (Lipinski definition) is 1. The van der Waals surface area contributed by atoms with Gasteiger partial charge in [0.2, 0.25) is 0 Å². The number of halogens is 2. The molecule has 0 unspecified atom stereocenters. The molecule has 8 heteroatoms. The van der Waals surface area contributed by atoms with Gasteiger partial charge in [-0.1, -0.05) is 11.6 Å². The fourth-order valence-electron chi connectivity index (χ4n) is 1.87. The van der Waals surface area contributed by atoms with Gasteiger partial charge in [0.05, 0.1) is 11.8 Å². The number of aromatic nitrogens is 2. The van der Waals surface area contributed by atoms with Crippen LogP contribution in [0.15, 0.2) is 30.5 Å². The molecule has 23 heavy (non-hydrogen) atoms. The van der Waals surface area contributed by atoms with Crippen molar-refractivity contribution in [3.05, 3.63) is 46.9 Å². The molecule has 2 aromatic rings. The lowest BCUT2D eigenvalue weighted by Crippen LogP contribution is -2.23. The van der Waals surface area contributed by atoms with Gasteiger partial charge in [-0.15, -0.1) is 0 Å². The van der Waals surface area contributed by atoms with E-state index in [1.165, 1.54) is 12.1 Å². The van der Waals surface area contributed by atoms with Crippen molar-refractivity contribution in [2.45, 2.75) is 19.9 Å². The SMILES string of the molecule is CC(C)n1nccc1NC(=O)COC(=O)c1ccc(Cl)cc1F. The van der Waals surface area contributed by atoms with E-state index in [1.807, 2.05) is 13.8 Å². The van der Waals surface area contributed by atoms with Crippen molar-refractivity contribution >= 4 is 29.3 Å². The van der Waals surface area contributed by atoms with E-state index in [4.69, 9.17) is 16.3 Å². The van der Waals surface area contributed by atoms with Crippen molar-refractivity contribution in [1.82, 2.24) is 9.78 Å². The van der Waals surface area contributed by atoms with Gasteiger partial charge in [0.15, 0.2) is 6.61 Å². The number of ether oxygens (including phenoxy) is 1. The first-order valence-electron chi connectivity index (χ1n) is 6.84. The molecular formula is C15H15ClFN3O3. The van der Waals surface area contributed by atoms with Crippen molar-refractivity contribution < 1.29 is 18.7 Å². The van der Waals surface area contributed by atoms with Gasteiger partial charge >= 0.3 is 5.97 Å². The minimum absolute atomic E-state index is 0.0611. The number of esters is 1. The number of amides is 1. The van der Waals surface area contributed by atoms with Crippen LogP contribution in [0.2, 0.25) is 5.02 Å². The highest BCUT2D eigenvalue weighted by atomic mass is 35.5. The third kappa shape index (κ3) is 4.29. The Balaban J connectivity index is 1.93. The van der Waals surface area contributed by atoms with Crippen LogP contribution < -0.4 is 5.32 Å². The molecule has 0 saturated heterocycles. The Labute approximate surface area is 137 Å². The van der Waals surface area contributed by atoms with Crippen LogP contribution in [0.5, 0.6) is 0 Å². The maximum absolute atomic E-state index is 13.6. The molecule has 1 amide bonds. The van der Waals surface area contributed by atoms with Gasteiger partial charge in [0.25, 0.3) is 5.91 Å². The Kier molecular flexibility index (Phi) is 5.33. The quantitative estimate of drug-likeness (QED) is 0.850. The van der Waals surface area contributed by atoms with E-state index in [9.17, 15) is 14.0 Å². The molecule has 0 fully saturated rings. The molecule has 1 N–H and O–H groups in total. The van der Waals surface area contributed by atoms with Crippen LogP contribution in [0.3, 0.4) is 0 Å². The Morgan fingerprint density at radius 1 is 1.39 bits per heavy atom. The molecule has 2 rings (SSSR count). The zero-order chi connectivity index (χ0) is 17.0. The van der Waals surface area contributed by atoms with Gasteiger partial charge in [-0.05, 0) is 32.0 Å². The Morgan fingerprint density at radius 2 is 2.13 bits per heavy atom. The third-order valence-corrected chi connectivity index (χ3v) is 3.15. The summed E-state index contributed by atoms with van der Waals surface area (Å²) in [4.78, 5) is 23.6. The molecule has 0 aliphatic rings. The molecule has 0 atom stereocenters. The maximum atomic E-state index is 13.6. The fourth-order valence-corrected chi connectivity index (χ4v) is 2.03. The summed E-state index contributed by atoms with van der Waals surface area (Å²) >= 11 is 5.60. The van der Waals surface area contributed by atoms with Crippen molar-refractivity contribution in [3.63, 3.8) is 0 Å². The second-order valence-electron chi connectivity index (χ2n) is 5.00. The number of hydrogen-bond acceptors (Lipinski definition) is 4. The van der Waals surface area contributed by atoms with E-state index in [1.54, 1.807) is 16.9 Å². The fraction of sp³-hybridized carbons (Fsp3) is 0.267. The van der Waals surface area contributed by atoms with Crippen molar-refractivity contribution in [3.8, 4) is 0 Å². The summed E-state index contributed by atoms with van der Waals surface area (Å²) in [5, 5.41) is 6.80. The Bertz CT molecular complexity index is 731. The third-order valence-electron chi connectivity index (χ3n) is 2.91. The van der Waals surface area contributed by atoms with E-state index in [2.05, 4.69) is 10.4 Å². The number of carbonyl (C=O) groups excluding carboxylic acids is 2. The highest BCUT2D eigenvalue weighted by molar-refractivity contribution is 6.30. The predicted octanol–water partition coefficient (Wildman–Crippen LogP) is 3.05. The van der Waals surface area contributed by atoms with E-state index in [-0.39, 0.29) is 16.6 Å². The molecule has 0 bridgehead atoms. The summed E-state index contributed by atoms with van der Waals surface area (Å²) < 4.78 is 20.0. The summed E-state index contributed by atoms with van der Waals surface area (Å²) in [6.45, 7) is 3.28. The largest absolute Gasteiger partial charge is 0.452 e. The molecule has 0 spiro atoms. The average Bonchev–Trinajstić information content (AvgIpc) is 2.93. The van der Waals surface area contributed by atoms with Gasteiger partial charge in [-0.3, -0.25) is 4.79 Å². The van der Waals surface area contributed by atoms with Crippen LogP contribution in [-0.4, -0.2) is 28.3 Å². The van der Waals surface area contributed by atoms with Gasteiger partial charge in [0, 0.05) is 17.1 Å². The number of nitrogens with one attached hydrogen (secondary N) is 1. The van der Waals surface area contributed by atoms with Crippen LogP contribution in [0.25, 0.3) is 0 Å². The number of anilines is 1. The summed E-state index contributed by atoms with van der Waals surface area (Å²) in [7, 11) is 0. The number of benzene rings is 1. The second-order valence-corrected chi connectivity index (χ2v) is 5.44. The molecule has 122 valence electrons. The van der Waals surface area contributed by atoms with Crippen LogP contribution in [0, 0.1) is 5.82 Å². The van der Waals surface area contributed by atoms with Crippen LogP contribution in [0.4, 0.5) is 10.2 Å². The molecule has 6 nitrogen and oxygen atoms in total. The zero-order valence-corrected chi connectivity index (χ0v) is 13.3. The zero-order valence-electron chi connectivity index (χ0n) is 12.5. The second kappa shape index (κ2) is 7.23. The summed E-state index contributed by atoms with van der Waals surface area (Å²) in [5.41, 5.74) is -0.283. The van der Waals surface area contributed by atoms with E-state index in [0.29, 0.717) is 5.82 Å².